The van der Waals surface area contributed by atoms with Crippen molar-refractivity contribution in [1.82, 2.24) is 4.90 Å². The number of halogens is 2. The van der Waals surface area contributed by atoms with E-state index in [-0.39, 0.29) is 17.8 Å². The number of nitrogens with zero attached hydrogens (tertiary/aromatic N) is 1. The summed E-state index contributed by atoms with van der Waals surface area (Å²) in [7, 11) is 0. The molecular weight excluding hydrogens is 241 g/mol. The van der Waals surface area contributed by atoms with Gasteiger partial charge in [-0.3, -0.25) is 4.90 Å². The Morgan fingerprint density at radius 3 is 2.94 bits per heavy atom. The second-order valence-electron chi connectivity index (χ2n) is 5.17. The first-order chi connectivity index (χ1) is 8.02. The zero-order valence-corrected chi connectivity index (χ0v) is 10.7. The van der Waals surface area contributed by atoms with Crippen molar-refractivity contribution in [3.63, 3.8) is 0 Å². The molecular formula is C13H17ClFNO. The Kier molecular flexibility index (Phi) is 3.71. The van der Waals surface area contributed by atoms with Gasteiger partial charge >= 0.3 is 0 Å². The van der Waals surface area contributed by atoms with Gasteiger partial charge in [-0.05, 0) is 36.7 Å². The Balaban J connectivity index is 2.05. The molecule has 0 aliphatic carbocycles. The number of likely N-dealkylation sites (tertiary alicyclic amines) is 1. The molecule has 0 amide bonds. The van der Waals surface area contributed by atoms with Crippen molar-refractivity contribution in [3.05, 3.63) is 34.6 Å². The average Bonchev–Trinajstić information content (AvgIpc) is 2.67. The fourth-order valence-corrected chi connectivity index (χ4v) is 2.47. The topological polar surface area (TPSA) is 23.5 Å². The van der Waals surface area contributed by atoms with E-state index >= 15 is 0 Å². The van der Waals surface area contributed by atoms with Crippen molar-refractivity contribution in [2.45, 2.75) is 19.9 Å². The fourth-order valence-electron chi connectivity index (χ4n) is 2.30. The molecule has 0 aromatic heterocycles. The highest BCUT2D eigenvalue weighted by molar-refractivity contribution is 6.31. The van der Waals surface area contributed by atoms with Crippen LogP contribution in [-0.4, -0.2) is 29.7 Å². The largest absolute Gasteiger partial charge is 0.396 e. The number of hydrogen-bond donors (Lipinski definition) is 1. The van der Waals surface area contributed by atoms with Crippen molar-refractivity contribution in [2.75, 3.05) is 19.7 Å². The van der Waals surface area contributed by atoms with Crippen LogP contribution in [0, 0.1) is 11.2 Å². The van der Waals surface area contributed by atoms with Crippen LogP contribution in [0.1, 0.15) is 18.9 Å². The molecule has 1 aromatic carbocycles. The van der Waals surface area contributed by atoms with Crippen molar-refractivity contribution in [3.8, 4) is 0 Å². The van der Waals surface area contributed by atoms with Crippen LogP contribution in [0.25, 0.3) is 0 Å². The Morgan fingerprint density at radius 2 is 2.29 bits per heavy atom. The molecule has 1 unspecified atom stereocenters. The van der Waals surface area contributed by atoms with E-state index in [1.54, 1.807) is 6.07 Å². The smallest absolute Gasteiger partial charge is 0.123 e. The fraction of sp³-hybridized carbons (Fsp3) is 0.538. The third kappa shape index (κ3) is 2.97. The summed E-state index contributed by atoms with van der Waals surface area (Å²) in [6.07, 6.45) is 0.969. The van der Waals surface area contributed by atoms with Crippen LogP contribution in [0.15, 0.2) is 18.2 Å². The van der Waals surface area contributed by atoms with Gasteiger partial charge < -0.3 is 5.11 Å². The van der Waals surface area contributed by atoms with Crippen LogP contribution in [0.3, 0.4) is 0 Å². The molecule has 1 aliphatic heterocycles. The molecule has 1 atom stereocenters. The van der Waals surface area contributed by atoms with E-state index in [0.29, 0.717) is 11.6 Å². The predicted octanol–water partition coefficient (Wildman–Crippen LogP) is 2.68. The predicted molar refractivity (Wildman–Crippen MR) is 66.5 cm³/mol. The van der Waals surface area contributed by atoms with E-state index in [4.69, 9.17) is 11.6 Å². The first-order valence-corrected chi connectivity index (χ1v) is 6.17. The van der Waals surface area contributed by atoms with Crippen LogP contribution in [-0.2, 0) is 6.54 Å². The third-order valence-electron chi connectivity index (χ3n) is 3.42. The van der Waals surface area contributed by atoms with Gasteiger partial charge in [0, 0.05) is 30.1 Å². The van der Waals surface area contributed by atoms with Crippen LogP contribution in [0.4, 0.5) is 4.39 Å². The molecule has 0 spiro atoms. The summed E-state index contributed by atoms with van der Waals surface area (Å²) in [6, 6.07) is 4.44. The number of hydrogen-bond acceptors (Lipinski definition) is 2. The first kappa shape index (κ1) is 12.8. The van der Waals surface area contributed by atoms with E-state index in [0.717, 1.165) is 25.1 Å². The second-order valence-corrected chi connectivity index (χ2v) is 5.57. The molecule has 1 heterocycles. The maximum absolute atomic E-state index is 13.1. The number of rotatable bonds is 3. The number of aliphatic hydroxyl groups excluding tert-OH is 1. The summed E-state index contributed by atoms with van der Waals surface area (Å²) in [5, 5.41) is 9.90. The standard InChI is InChI=1S/C13H17ClFNO/c1-13(9-17)4-5-16(8-13)7-10-6-11(15)2-3-12(10)14/h2-3,6,17H,4-5,7-9H2,1H3. The SMILES string of the molecule is CC1(CO)CCN(Cc2cc(F)ccc2Cl)C1. The van der Waals surface area contributed by atoms with Crippen LogP contribution in [0.5, 0.6) is 0 Å². The van der Waals surface area contributed by atoms with Gasteiger partial charge in [-0.1, -0.05) is 18.5 Å². The zero-order chi connectivity index (χ0) is 12.5. The lowest BCUT2D eigenvalue weighted by Gasteiger charge is -2.22. The summed E-state index contributed by atoms with van der Waals surface area (Å²) in [4.78, 5) is 2.21. The average molecular weight is 258 g/mol. The van der Waals surface area contributed by atoms with Crippen LogP contribution in [0.2, 0.25) is 5.02 Å². The van der Waals surface area contributed by atoms with Crippen LogP contribution < -0.4 is 0 Å². The van der Waals surface area contributed by atoms with Gasteiger partial charge in [0.15, 0.2) is 0 Å². The third-order valence-corrected chi connectivity index (χ3v) is 3.79. The Bertz CT molecular complexity index is 412. The van der Waals surface area contributed by atoms with E-state index in [1.807, 2.05) is 0 Å². The molecule has 1 N–H and O–H groups in total. The van der Waals surface area contributed by atoms with Gasteiger partial charge in [0.25, 0.3) is 0 Å². The van der Waals surface area contributed by atoms with Crippen molar-refractivity contribution >= 4 is 11.6 Å². The van der Waals surface area contributed by atoms with E-state index in [2.05, 4.69) is 11.8 Å². The van der Waals surface area contributed by atoms with E-state index < -0.39 is 0 Å². The van der Waals surface area contributed by atoms with Gasteiger partial charge in [0.1, 0.15) is 5.82 Å². The Morgan fingerprint density at radius 1 is 1.53 bits per heavy atom. The van der Waals surface area contributed by atoms with Crippen molar-refractivity contribution in [2.24, 2.45) is 5.41 Å². The second kappa shape index (κ2) is 4.92. The number of aliphatic hydroxyl groups is 1. The maximum atomic E-state index is 13.1. The molecule has 4 heteroatoms. The summed E-state index contributed by atoms with van der Waals surface area (Å²) in [5.41, 5.74) is 0.786. The molecule has 1 aromatic rings. The molecule has 1 fully saturated rings. The van der Waals surface area contributed by atoms with E-state index in [1.165, 1.54) is 12.1 Å². The Hall–Kier alpha value is -0.640. The Labute approximate surface area is 106 Å². The van der Waals surface area contributed by atoms with E-state index in [9.17, 15) is 9.50 Å². The summed E-state index contributed by atoms with van der Waals surface area (Å²) >= 11 is 6.04. The van der Waals surface area contributed by atoms with Crippen LogP contribution >= 0.6 is 11.6 Å². The number of benzene rings is 1. The maximum Gasteiger partial charge on any atom is 0.123 e. The lowest BCUT2D eigenvalue weighted by molar-refractivity contribution is 0.144. The molecule has 17 heavy (non-hydrogen) atoms. The zero-order valence-electron chi connectivity index (χ0n) is 9.92. The highest BCUT2D eigenvalue weighted by Gasteiger charge is 2.33. The van der Waals surface area contributed by atoms with Gasteiger partial charge in [-0.25, -0.2) is 4.39 Å². The van der Waals surface area contributed by atoms with Crippen molar-refractivity contribution < 1.29 is 9.50 Å². The minimum Gasteiger partial charge on any atom is -0.396 e. The molecule has 1 aliphatic rings. The quantitative estimate of drug-likeness (QED) is 0.900. The summed E-state index contributed by atoms with van der Waals surface area (Å²) in [5.74, 6) is -0.256. The van der Waals surface area contributed by atoms with Gasteiger partial charge in [0.05, 0.1) is 0 Å². The first-order valence-electron chi connectivity index (χ1n) is 5.80. The lowest BCUT2D eigenvalue weighted by atomic mass is 9.91. The highest BCUT2D eigenvalue weighted by Crippen LogP contribution is 2.31. The molecule has 0 radical (unpaired) electrons. The molecule has 2 rings (SSSR count). The summed E-state index contributed by atoms with van der Waals surface area (Å²) in [6.45, 7) is 4.66. The molecule has 2 nitrogen and oxygen atoms in total. The molecule has 1 saturated heterocycles. The summed E-state index contributed by atoms with van der Waals surface area (Å²) < 4.78 is 13.1. The normalized spacial score (nSPS) is 25.4. The van der Waals surface area contributed by atoms with Gasteiger partial charge in [-0.2, -0.15) is 0 Å². The molecule has 0 saturated carbocycles. The lowest BCUT2D eigenvalue weighted by Crippen LogP contribution is -2.27. The molecule has 94 valence electrons. The monoisotopic (exact) mass is 257 g/mol. The minimum absolute atomic E-state index is 0.0280. The van der Waals surface area contributed by atoms with Gasteiger partial charge in [-0.15, -0.1) is 0 Å². The minimum atomic E-state index is -0.256. The van der Waals surface area contributed by atoms with Crippen molar-refractivity contribution in [1.29, 1.82) is 0 Å². The molecule has 0 bridgehead atoms. The van der Waals surface area contributed by atoms with Gasteiger partial charge in [0.2, 0.25) is 0 Å². The highest BCUT2D eigenvalue weighted by atomic mass is 35.5.